The SMILES string of the molecule is CC(N)N1C=CN(C)C1.OB(O)F.OB(O)F.OB(O)F.OB(O)F. The zero-order valence-electron chi connectivity index (χ0n) is 13.3. The molecule has 1 heterocycles. The molecule has 0 aliphatic carbocycles. The summed E-state index contributed by atoms with van der Waals surface area (Å²) in [7, 11) is -8.64. The van der Waals surface area contributed by atoms with Crippen LogP contribution in [-0.2, 0) is 0 Å². The van der Waals surface area contributed by atoms with Crippen LogP contribution in [0.3, 0.4) is 0 Å². The maximum absolute atomic E-state index is 10.1. The molecule has 0 amide bonds. The Hall–Kier alpha value is -1.04. The number of hydrogen-bond acceptors (Lipinski definition) is 11. The molecule has 10 N–H and O–H groups in total. The summed E-state index contributed by atoms with van der Waals surface area (Å²) in [5, 5.41) is 55.6. The van der Waals surface area contributed by atoms with Crippen molar-refractivity contribution in [2.24, 2.45) is 5.73 Å². The van der Waals surface area contributed by atoms with Gasteiger partial charge in [-0.25, -0.2) is 0 Å². The Morgan fingerprint density at radius 2 is 1.04 bits per heavy atom. The largest absolute Gasteiger partial charge is 0.674 e. The molecule has 1 aliphatic heterocycles. The van der Waals surface area contributed by atoms with E-state index in [1.54, 1.807) is 0 Å². The summed E-state index contributed by atoms with van der Waals surface area (Å²) in [4.78, 5) is 4.16. The first kappa shape index (κ1) is 31.7. The van der Waals surface area contributed by atoms with Gasteiger partial charge in [-0.1, -0.05) is 0 Å². The first-order chi connectivity index (χ1) is 11.1. The summed E-state index contributed by atoms with van der Waals surface area (Å²) in [5.41, 5.74) is 5.61. The predicted octanol–water partition coefficient (Wildman–Crippen LogP) is -4.33. The first-order valence-electron chi connectivity index (χ1n) is 6.04. The summed E-state index contributed by atoms with van der Waals surface area (Å²) in [6.07, 6.45) is 4.15. The van der Waals surface area contributed by atoms with Gasteiger partial charge in [0.15, 0.2) is 0 Å². The molecule has 1 rings (SSSR count). The Morgan fingerprint density at radius 1 is 0.800 bits per heavy atom. The van der Waals surface area contributed by atoms with Gasteiger partial charge in [0.25, 0.3) is 0 Å². The van der Waals surface area contributed by atoms with Crippen molar-refractivity contribution in [2.45, 2.75) is 13.1 Å². The summed E-state index contributed by atoms with van der Waals surface area (Å²) in [6.45, 7) is 2.89. The van der Waals surface area contributed by atoms with Crippen molar-refractivity contribution in [3.63, 3.8) is 0 Å². The second kappa shape index (κ2) is 21.0. The minimum Gasteiger partial charge on any atom is -0.398 e. The van der Waals surface area contributed by atoms with E-state index in [1.165, 1.54) is 0 Å². The average Bonchev–Trinajstić information content (AvgIpc) is 2.72. The van der Waals surface area contributed by atoms with E-state index in [1.807, 2.05) is 26.4 Å². The van der Waals surface area contributed by atoms with Gasteiger partial charge in [0.1, 0.15) is 0 Å². The van der Waals surface area contributed by atoms with Gasteiger partial charge in [-0.05, 0) is 6.92 Å². The van der Waals surface area contributed by atoms with E-state index in [4.69, 9.17) is 45.9 Å². The van der Waals surface area contributed by atoms with Crippen LogP contribution in [0.5, 0.6) is 0 Å². The monoisotopic (exact) mass is 383 g/mol. The fraction of sp³-hybridized carbons (Fsp3) is 0.667. The van der Waals surface area contributed by atoms with Crippen LogP contribution in [0.1, 0.15) is 6.92 Å². The van der Waals surface area contributed by atoms with E-state index in [0.29, 0.717) is 0 Å². The summed E-state index contributed by atoms with van der Waals surface area (Å²) >= 11 is 0. The molecule has 0 fully saturated rings. The quantitative estimate of drug-likeness (QED) is 0.157. The maximum Gasteiger partial charge on any atom is 0.674 e. The van der Waals surface area contributed by atoms with E-state index in [0.717, 1.165) is 6.67 Å². The van der Waals surface area contributed by atoms with E-state index >= 15 is 0 Å². The van der Waals surface area contributed by atoms with Crippen LogP contribution < -0.4 is 5.73 Å². The molecule has 0 saturated carbocycles. The first-order valence-corrected chi connectivity index (χ1v) is 6.04. The minimum atomic E-state index is -2.67. The van der Waals surface area contributed by atoms with Crippen LogP contribution in [0.4, 0.5) is 17.3 Å². The van der Waals surface area contributed by atoms with Crippen molar-refractivity contribution in [3.8, 4) is 0 Å². The van der Waals surface area contributed by atoms with Gasteiger partial charge in [0, 0.05) is 19.4 Å². The van der Waals surface area contributed by atoms with Gasteiger partial charge in [0.05, 0.1) is 12.8 Å². The number of hydrogen-bond donors (Lipinski definition) is 9. The number of rotatable bonds is 1. The van der Waals surface area contributed by atoms with Crippen LogP contribution in [0.15, 0.2) is 12.4 Å². The van der Waals surface area contributed by atoms with E-state index in [9.17, 15) is 17.3 Å². The van der Waals surface area contributed by atoms with Crippen molar-refractivity contribution in [2.75, 3.05) is 13.7 Å². The molecule has 1 unspecified atom stereocenters. The highest BCUT2D eigenvalue weighted by molar-refractivity contribution is 6.32. The Morgan fingerprint density at radius 3 is 1.12 bits per heavy atom. The topological polar surface area (TPSA) is 194 Å². The van der Waals surface area contributed by atoms with Gasteiger partial charge >= 0.3 is 29.6 Å². The number of nitrogens with two attached hydrogens (primary N) is 1. The number of nitrogens with zero attached hydrogens (tertiary/aromatic N) is 2. The molecule has 1 aliphatic rings. The lowest BCUT2D eigenvalue weighted by atomic mass is 10.3. The zero-order valence-corrected chi connectivity index (χ0v) is 13.3. The fourth-order valence-corrected chi connectivity index (χ4v) is 0.816. The summed E-state index contributed by atoms with van der Waals surface area (Å²) in [6, 6.07) is 0. The highest BCUT2D eigenvalue weighted by Crippen LogP contribution is 2.04. The molecule has 0 saturated heterocycles. The number of halogens is 4. The third-order valence-electron chi connectivity index (χ3n) is 1.42. The second-order valence-electron chi connectivity index (χ2n) is 3.69. The Labute approximate surface area is 143 Å². The maximum atomic E-state index is 10.1. The third kappa shape index (κ3) is 70.5. The smallest absolute Gasteiger partial charge is 0.398 e. The standard InChI is InChI=1S/C6H13N3.4BFH2O2/c1-6(7)9-4-3-8(2)5-9;4*2-1(3)4/h3-4,6H,5,7H2,1-2H3;4*3-4H. The fourth-order valence-electron chi connectivity index (χ4n) is 0.816. The van der Waals surface area contributed by atoms with Crippen LogP contribution in [0, 0.1) is 0 Å². The lowest BCUT2D eigenvalue weighted by Crippen LogP contribution is -2.36. The van der Waals surface area contributed by atoms with Crippen LogP contribution in [0.2, 0.25) is 0 Å². The summed E-state index contributed by atoms with van der Waals surface area (Å²) < 4.78 is 40.4. The molecule has 0 bridgehead atoms. The molecule has 11 nitrogen and oxygen atoms in total. The highest BCUT2D eigenvalue weighted by Gasteiger charge is 2.10. The second-order valence-corrected chi connectivity index (χ2v) is 3.69. The van der Waals surface area contributed by atoms with Crippen molar-refractivity contribution in [1.29, 1.82) is 0 Å². The van der Waals surface area contributed by atoms with Gasteiger partial charge in [-0.3, -0.25) is 17.3 Å². The third-order valence-corrected chi connectivity index (χ3v) is 1.42. The van der Waals surface area contributed by atoms with E-state index in [2.05, 4.69) is 9.80 Å². The van der Waals surface area contributed by atoms with Gasteiger partial charge in [0.2, 0.25) is 0 Å². The summed E-state index contributed by atoms with van der Waals surface area (Å²) in [5.74, 6) is 0. The van der Waals surface area contributed by atoms with Crippen molar-refractivity contribution < 1.29 is 57.5 Å². The Balaban J connectivity index is -0.000000119. The Bertz CT molecular complexity index is 264. The molecule has 1 atom stereocenters. The van der Waals surface area contributed by atoms with Crippen molar-refractivity contribution >= 4 is 29.6 Å². The highest BCUT2D eigenvalue weighted by atomic mass is 19.1. The minimum absolute atomic E-state index is 0.131. The van der Waals surface area contributed by atoms with Crippen molar-refractivity contribution in [3.05, 3.63) is 12.4 Å². The molecular formula is C6H21B4F4N3O8. The molecule has 19 heteroatoms. The van der Waals surface area contributed by atoms with Gasteiger partial charge in [-0.15, -0.1) is 0 Å². The van der Waals surface area contributed by atoms with Gasteiger partial charge < -0.3 is 55.7 Å². The van der Waals surface area contributed by atoms with Crippen LogP contribution in [-0.4, -0.2) is 99.5 Å². The predicted molar refractivity (Wildman–Crippen MR) is 82.5 cm³/mol. The molecule has 148 valence electrons. The molecular weight excluding hydrogens is 361 g/mol. The molecule has 0 aromatic carbocycles. The molecule has 0 aromatic heterocycles. The molecule has 0 spiro atoms. The van der Waals surface area contributed by atoms with Gasteiger partial charge in [-0.2, -0.15) is 0 Å². The van der Waals surface area contributed by atoms with E-state index in [-0.39, 0.29) is 6.17 Å². The molecule has 0 radical (unpaired) electrons. The Kier molecular flexibility index (Phi) is 26.6. The van der Waals surface area contributed by atoms with Crippen molar-refractivity contribution in [1.82, 2.24) is 9.80 Å². The lowest BCUT2D eigenvalue weighted by Gasteiger charge is -2.21. The zero-order chi connectivity index (χ0) is 21.2. The average molecular weight is 382 g/mol. The van der Waals surface area contributed by atoms with Crippen LogP contribution >= 0.6 is 0 Å². The lowest BCUT2D eigenvalue weighted by molar-refractivity contribution is 0.246. The molecule has 25 heavy (non-hydrogen) atoms. The van der Waals surface area contributed by atoms with E-state index < -0.39 is 29.6 Å². The molecule has 0 aromatic rings. The normalized spacial score (nSPS) is 12.0. The van der Waals surface area contributed by atoms with Crippen LogP contribution in [0.25, 0.3) is 0 Å².